The van der Waals surface area contributed by atoms with Crippen LogP contribution in [0.25, 0.3) is 16.8 Å². The van der Waals surface area contributed by atoms with Gasteiger partial charge in [0, 0.05) is 5.39 Å². The summed E-state index contributed by atoms with van der Waals surface area (Å²) in [7, 11) is 0. The largest absolute Gasteiger partial charge is 0.490 e. The van der Waals surface area contributed by atoms with Gasteiger partial charge in [0.05, 0.1) is 12.3 Å². The average Bonchev–Trinajstić information content (AvgIpc) is 2.95. The average molecular weight is 537 g/mol. The fourth-order valence-corrected chi connectivity index (χ4v) is 4.38. The highest BCUT2D eigenvalue weighted by Crippen LogP contribution is 2.31. The third kappa shape index (κ3) is 5.66. The van der Waals surface area contributed by atoms with Crippen molar-refractivity contribution in [3.8, 4) is 17.2 Å². The van der Waals surface area contributed by atoms with Gasteiger partial charge in [-0.05, 0) is 61.2 Å². The Kier molecular flexibility index (Phi) is 7.77. The molecule has 0 saturated carbocycles. The Morgan fingerprint density at radius 1 is 0.775 bits per heavy atom. The van der Waals surface area contributed by atoms with Crippen molar-refractivity contribution in [3.63, 3.8) is 0 Å². The second kappa shape index (κ2) is 11.7. The van der Waals surface area contributed by atoms with E-state index in [0.29, 0.717) is 36.0 Å². The minimum Gasteiger partial charge on any atom is -0.490 e. The smallest absolute Gasteiger partial charge is 0.335 e. The number of barbiturate groups is 1. The van der Waals surface area contributed by atoms with Crippen LogP contribution in [0.15, 0.2) is 90.5 Å². The van der Waals surface area contributed by atoms with E-state index in [2.05, 4.69) is 5.32 Å². The molecule has 0 atom stereocenters. The van der Waals surface area contributed by atoms with Crippen molar-refractivity contribution in [1.29, 1.82) is 0 Å². The normalized spacial score (nSPS) is 14.4. The molecule has 1 aliphatic heterocycles. The van der Waals surface area contributed by atoms with Crippen LogP contribution in [-0.2, 0) is 9.59 Å². The van der Waals surface area contributed by atoms with Crippen LogP contribution < -0.4 is 24.4 Å². The molecule has 202 valence electrons. The molecule has 0 spiro atoms. The third-order valence-electron chi connectivity index (χ3n) is 6.32. The van der Waals surface area contributed by atoms with Crippen LogP contribution >= 0.6 is 0 Å². The first-order valence-electron chi connectivity index (χ1n) is 12.9. The first-order chi connectivity index (χ1) is 19.4. The number of imide groups is 2. The lowest BCUT2D eigenvalue weighted by molar-refractivity contribution is -0.122. The van der Waals surface area contributed by atoms with Crippen molar-refractivity contribution in [2.75, 3.05) is 24.7 Å². The number of aryl methyl sites for hydroxylation is 1. The SMILES string of the molecule is CCOc1cc(/C=C2/C(=O)NC(=O)N(c3ccc(C)cc3)C2=O)ccc1OCCOc1cccc2ccccc12. The molecule has 0 radical (unpaired) electrons. The number of amides is 4. The van der Waals surface area contributed by atoms with E-state index >= 15 is 0 Å². The van der Waals surface area contributed by atoms with Gasteiger partial charge < -0.3 is 14.2 Å². The zero-order valence-corrected chi connectivity index (χ0v) is 22.2. The van der Waals surface area contributed by atoms with Gasteiger partial charge in [-0.1, -0.05) is 60.2 Å². The molecule has 8 heteroatoms. The lowest BCUT2D eigenvalue weighted by Gasteiger charge is -2.26. The quantitative estimate of drug-likeness (QED) is 0.168. The van der Waals surface area contributed by atoms with E-state index in [1.165, 1.54) is 6.08 Å². The maximum absolute atomic E-state index is 13.2. The van der Waals surface area contributed by atoms with E-state index < -0.39 is 17.8 Å². The summed E-state index contributed by atoms with van der Waals surface area (Å²) in [6, 6.07) is 25.1. The molecule has 0 unspecified atom stereocenters. The van der Waals surface area contributed by atoms with E-state index in [-0.39, 0.29) is 12.2 Å². The fraction of sp³-hybridized carbons (Fsp3) is 0.156. The summed E-state index contributed by atoms with van der Waals surface area (Å²) in [4.78, 5) is 39.2. The second-order valence-electron chi connectivity index (χ2n) is 9.11. The predicted octanol–water partition coefficient (Wildman–Crippen LogP) is 5.67. The number of ether oxygens (including phenoxy) is 3. The van der Waals surface area contributed by atoms with Crippen molar-refractivity contribution < 1.29 is 28.6 Å². The molecule has 1 heterocycles. The van der Waals surface area contributed by atoms with Crippen molar-refractivity contribution in [3.05, 3.63) is 102 Å². The van der Waals surface area contributed by atoms with Crippen LogP contribution in [0, 0.1) is 6.92 Å². The Bertz CT molecular complexity index is 1600. The first kappa shape index (κ1) is 26.5. The van der Waals surface area contributed by atoms with Crippen LogP contribution in [-0.4, -0.2) is 37.7 Å². The number of carbonyl (C=O) groups is 3. The van der Waals surface area contributed by atoms with E-state index in [1.807, 2.05) is 56.3 Å². The Morgan fingerprint density at radius 2 is 1.50 bits per heavy atom. The van der Waals surface area contributed by atoms with Gasteiger partial charge in [-0.25, -0.2) is 9.69 Å². The number of fused-ring (bicyclic) bond motifs is 1. The Labute approximate surface area is 231 Å². The molecule has 0 bridgehead atoms. The fourth-order valence-electron chi connectivity index (χ4n) is 4.38. The monoisotopic (exact) mass is 536 g/mol. The topological polar surface area (TPSA) is 94.2 Å². The van der Waals surface area contributed by atoms with Gasteiger partial charge in [0.1, 0.15) is 24.5 Å². The summed E-state index contributed by atoms with van der Waals surface area (Å²) in [6.45, 7) is 4.74. The Hall–Kier alpha value is -5.11. The van der Waals surface area contributed by atoms with Gasteiger partial charge in [-0.2, -0.15) is 0 Å². The first-order valence-corrected chi connectivity index (χ1v) is 12.9. The number of urea groups is 1. The summed E-state index contributed by atoms with van der Waals surface area (Å²) in [5.74, 6) is 0.268. The summed E-state index contributed by atoms with van der Waals surface area (Å²) in [5.41, 5.74) is 1.72. The van der Waals surface area contributed by atoms with Crippen LogP contribution in [0.5, 0.6) is 17.2 Å². The van der Waals surface area contributed by atoms with Crippen molar-refractivity contribution in [2.24, 2.45) is 0 Å². The zero-order valence-electron chi connectivity index (χ0n) is 22.2. The van der Waals surface area contributed by atoms with Gasteiger partial charge in [-0.15, -0.1) is 0 Å². The van der Waals surface area contributed by atoms with Gasteiger partial charge in [0.25, 0.3) is 11.8 Å². The highest BCUT2D eigenvalue weighted by atomic mass is 16.5. The number of carbonyl (C=O) groups excluding carboxylic acids is 3. The second-order valence-corrected chi connectivity index (χ2v) is 9.11. The van der Waals surface area contributed by atoms with Crippen LogP contribution in [0.3, 0.4) is 0 Å². The molecule has 1 fully saturated rings. The van der Waals surface area contributed by atoms with Gasteiger partial charge in [0.2, 0.25) is 0 Å². The van der Waals surface area contributed by atoms with Crippen molar-refractivity contribution in [1.82, 2.24) is 5.32 Å². The van der Waals surface area contributed by atoms with E-state index in [4.69, 9.17) is 14.2 Å². The number of benzene rings is 4. The summed E-state index contributed by atoms with van der Waals surface area (Å²) in [5, 5.41) is 4.37. The number of rotatable bonds is 9. The standard InChI is InChI=1S/C32H28N2O6/c1-3-38-29-20-22(19-26-30(35)33-32(37)34(31(26)36)24-14-11-21(2)12-15-24)13-16-28(29)40-18-17-39-27-10-6-8-23-7-4-5-9-25(23)27/h4-16,19-20H,3,17-18H2,1-2H3,(H,33,35,37)/b26-19-. The van der Waals surface area contributed by atoms with Gasteiger partial charge in [-0.3, -0.25) is 14.9 Å². The lowest BCUT2D eigenvalue weighted by atomic mass is 10.1. The molecule has 4 aromatic rings. The molecule has 0 aromatic heterocycles. The molecule has 1 N–H and O–H groups in total. The zero-order chi connectivity index (χ0) is 28.1. The number of nitrogens with one attached hydrogen (secondary N) is 1. The Balaban J connectivity index is 1.31. The van der Waals surface area contributed by atoms with E-state index in [0.717, 1.165) is 27.0 Å². The molecule has 8 nitrogen and oxygen atoms in total. The summed E-state index contributed by atoms with van der Waals surface area (Å²) < 4.78 is 17.7. The minimum absolute atomic E-state index is 0.167. The maximum Gasteiger partial charge on any atom is 0.335 e. The molecule has 1 saturated heterocycles. The molecule has 5 rings (SSSR count). The molecule has 40 heavy (non-hydrogen) atoms. The molecular formula is C32H28N2O6. The Morgan fingerprint density at radius 3 is 2.27 bits per heavy atom. The number of anilines is 1. The van der Waals surface area contributed by atoms with Crippen LogP contribution in [0.2, 0.25) is 0 Å². The van der Waals surface area contributed by atoms with Crippen LogP contribution in [0.1, 0.15) is 18.1 Å². The van der Waals surface area contributed by atoms with E-state index in [1.54, 1.807) is 42.5 Å². The molecule has 0 aliphatic carbocycles. The van der Waals surface area contributed by atoms with Crippen LogP contribution in [0.4, 0.5) is 10.5 Å². The van der Waals surface area contributed by atoms with Gasteiger partial charge in [0.15, 0.2) is 11.5 Å². The highest BCUT2D eigenvalue weighted by Gasteiger charge is 2.36. The number of hydrogen-bond donors (Lipinski definition) is 1. The summed E-state index contributed by atoms with van der Waals surface area (Å²) in [6.07, 6.45) is 1.43. The minimum atomic E-state index is -0.791. The van der Waals surface area contributed by atoms with Crippen molar-refractivity contribution in [2.45, 2.75) is 13.8 Å². The summed E-state index contributed by atoms with van der Waals surface area (Å²) >= 11 is 0. The number of nitrogens with zero attached hydrogens (tertiary/aromatic N) is 1. The highest BCUT2D eigenvalue weighted by molar-refractivity contribution is 6.39. The van der Waals surface area contributed by atoms with E-state index in [9.17, 15) is 14.4 Å². The molecule has 4 amide bonds. The predicted molar refractivity (Wildman–Crippen MR) is 153 cm³/mol. The van der Waals surface area contributed by atoms with Crippen molar-refractivity contribution >= 4 is 40.4 Å². The maximum atomic E-state index is 13.2. The lowest BCUT2D eigenvalue weighted by Crippen LogP contribution is -2.54. The third-order valence-corrected chi connectivity index (χ3v) is 6.32. The number of hydrogen-bond acceptors (Lipinski definition) is 6. The van der Waals surface area contributed by atoms with Gasteiger partial charge >= 0.3 is 6.03 Å². The molecular weight excluding hydrogens is 508 g/mol. The molecule has 1 aliphatic rings. The molecule has 4 aromatic carbocycles.